The molecule has 1 aromatic carbocycles. The van der Waals surface area contributed by atoms with Gasteiger partial charge in [0.2, 0.25) is 0 Å². The van der Waals surface area contributed by atoms with Crippen molar-refractivity contribution >= 4 is 22.6 Å². The van der Waals surface area contributed by atoms with E-state index in [1.807, 2.05) is 48.2 Å². The molecule has 1 aliphatic rings. The maximum absolute atomic E-state index is 12.8. The lowest BCUT2D eigenvalue weighted by Gasteiger charge is -2.32. The predicted molar refractivity (Wildman–Crippen MR) is 97.6 cm³/mol. The van der Waals surface area contributed by atoms with Crippen molar-refractivity contribution in [2.75, 3.05) is 18.4 Å². The van der Waals surface area contributed by atoms with Crippen molar-refractivity contribution in [1.29, 1.82) is 0 Å². The molecular formula is C19H21N5O. The van der Waals surface area contributed by atoms with E-state index in [0.29, 0.717) is 12.5 Å². The molecule has 2 amide bonds. The first kappa shape index (κ1) is 15.6. The molecule has 1 atom stereocenters. The number of aromatic nitrogens is 3. The maximum atomic E-state index is 12.8. The van der Waals surface area contributed by atoms with Crippen LogP contribution < -0.4 is 5.32 Å². The van der Waals surface area contributed by atoms with Gasteiger partial charge in [-0.1, -0.05) is 6.07 Å². The van der Waals surface area contributed by atoms with Crippen LogP contribution in [-0.2, 0) is 0 Å². The molecule has 1 saturated heterocycles. The Hall–Kier alpha value is -2.89. The summed E-state index contributed by atoms with van der Waals surface area (Å²) in [7, 11) is 0. The number of hydrogen-bond donors (Lipinski definition) is 2. The molecule has 2 N–H and O–H groups in total. The quantitative estimate of drug-likeness (QED) is 0.750. The van der Waals surface area contributed by atoms with Crippen molar-refractivity contribution in [3.8, 4) is 0 Å². The molecule has 0 spiro atoms. The molecule has 1 aliphatic heterocycles. The van der Waals surface area contributed by atoms with Crippen LogP contribution in [0.2, 0.25) is 0 Å². The minimum atomic E-state index is -0.0581. The Kier molecular flexibility index (Phi) is 4.09. The molecule has 25 heavy (non-hydrogen) atoms. The lowest BCUT2D eigenvalue weighted by atomic mass is 9.95. The molecule has 2 aromatic heterocycles. The summed E-state index contributed by atoms with van der Waals surface area (Å²) in [5, 5.41) is 11.1. The van der Waals surface area contributed by atoms with E-state index >= 15 is 0 Å². The zero-order chi connectivity index (χ0) is 17.2. The van der Waals surface area contributed by atoms with E-state index in [9.17, 15) is 4.79 Å². The normalized spacial score (nSPS) is 17.6. The fourth-order valence-corrected chi connectivity index (χ4v) is 3.47. The number of carbonyl (C=O) groups is 1. The molecule has 3 aromatic rings. The van der Waals surface area contributed by atoms with Gasteiger partial charge < -0.3 is 10.2 Å². The number of aryl methyl sites for hydroxylation is 1. The number of nitrogens with one attached hydrogen (secondary N) is 2. The minimum Gasteiger partial charge on any atom is -0.324 e. The SMILES string of the molecule is Cc1ccc2c(NC(=O)N3CCC[C@H](c4ccn[nH]4)C3)cccc2n1. The number of hydrogen-bond acceptors (Lipinski definition) is 3. The Bertz CT molecular complexity index is 890. The van der Waals surface area contributed by atoms with Gasteiger partial charge >= 0.3 is 6.03 Å². The molecule has 0 saturated carbocycles. The Labute approximate surface area is 146 Å². The average Bonchev–Trinajstić information content (AvgIpc) is 3.16. The number of likely N-dealkylation sites (tertiary alicyclic amines) is 1. The summed E-state index contributed by atoms with van der Waals surface area (Å²) in [5.41, 5.74) is 3.77. The van der Waals surface area contributed by atoms with Crippen molar-refractivity contribution in [2.45, 2.75) is 25.7 Å². The first-order chi connectivity index (χ1) is 12.2. The van der Waals surface area contributed by atoms with Gasteiger partial charge in [0.05, 0.1) is 11.2 Å². The first-order valence-corrected chi connectivity index (χ1v) is 8.62. The zero-order valence-electron chi connectivity index (χ0n) is 14.2. The Morgan fingerprint density at radius 3 is 3.04 bits per heavy atom. The van der Waals surface area contributed by atoms with Crippen LogP contribution in [0, 0.1) is 6.92 Å². The van der Waals surface area contributed by atoms with Crippen LogP contribution in [-0.4, -0.2) is 39.2 Å². The smallest absolute Gasteiger partial charge is 0.321 e. The third kappa shape index (κ3) is 3.20. The van der Waals surface area contributed by atoms with E-state index in [1.54, 1.807) is 6.20 Å². The summed E-state index contributed by atoms with van der Waals surface area (Å²) in [6.07, 6.45) is 3.83. The molecule has 3 heterocycles. The number of carbonyl (C=O) groups excluding carboxylic acids is 1. The van der Waals surface area contributed by atoms with E-state index in [4.69, 9.17) is 0 Å². The molecule has 0 radical (unpaired) electrons. The van der Waals surface area contributed by atoms with E-state index in [0.717, 1.165) is 47.4 Å². The van der Waals surface area contributed by atoms with E-state index < -0.39 is 0 Å². The topological polar surface area (TPSA) is 73.9 Å². The van der Waals surface area contributed by atoms with Crippen molar-refractivity contribution < 1.29 is 4.79 Å². The Morgan fingerprint density at radius 1 is 1.28 bits per heavy atom. The summed E-state index contributed by atoms with van der Waals surface area (Å²) in [6.45, 7) is 3.45. The molecule has 6 heteroatoms. The van der Waals surface area contributed by atoms with Crippen molar-refractivity contribution in [3.63, 3.8) is 0 Å². The average molecular weight is 335 g/mol. The van der Waals surface area contributed by atoms with Gasteiger partial charge in [-0.2, -0.15) is 5.10 Å². The Morgan fingerprint density at radius 2 is 2.20 bits per heavy atom. The molecule has 0 aliphatic carbocycles. The number of pyridine rings is 1. The standard InChI is InChI=1S/C19H21N5O/c1-13-7-8-15-17(21-13)5-2-6-18(15)22-19(25)24-11-3-4-14(12-24)16-9-10-20-23-16/h2,5-10,14H,3-4,11-12H2,1H3,(H,20,23)(H,22,25)/t14-/m0/s1. The van der Waals surface area contributed by atoms with Gasteiger partial charge in [-0.15, -0.1) is 0 Å². The first-order valence-electron chi connectivity index (χ1n) is 8.62. The van der Waals surface area contributed by atoms with Crippen LogP contribution in [0.3, 0.4) is 0 Å². The number of urea groups is 1. The number of H-pyrrole nitrogens is 1. The van der Waals surface area contributed by atoms with Gasteiger partial charge in [-0.3, -0.25) is 10.1 Å². The van der Waals surface area contributed by atoms with Crippen molar-refractivity contribution in [3.05, 3.63) is 54.0 Å². The highest BCUT2D eigenvalue weighted by Gasteiger charge is 2.25. The van der Waals surface area contributed by atoms with Gasteiger partial charge in [0.1, 0.15) is 0 Å². The lowest BCUT2D eigenvalue weighted by Crippen LogP contribution is -2.41. The van der Waals surface area contributed by atoms with E-state index in [1.165, 1.54) is 0 Å². The van der Waals surface area contributed by atoms with Gasteiger partial charge in [0.15, 0.2) is 0 Å². The number of nitrogens with zero attached hydrogens (tertiary/aromatic N) is 3. The number of anilines is 1. The molecule has 4 rings (SSSR count). The summed E-state index contributed by atoms with van der Waals surface area (Å²) >= 11 is 0. The summed E-state index contributed by atoms with van der Waals surface area (Å²) in [5.74, 6) is 0.318. The van der Waals surface area contributed by atoms with E-state index in [-0.39, 0.29) is 6.03 Å². The highest BCUT2D eigenvalue weighted by molar-refractivity contribution is 6.00. The number of piperidine rings is 1. The van der Waals surface area contributed by atoms with Crippen molar-refractivity contribution in [1.82, 2.24) is 20.1 Å². The highest BCUT2D eigenvalue weighted by Crippen LogP contribution is 2.27. The van der Waals surface area contributed by atoms with Crippen LogP contribution in [0.5, 0.6) is 0 Å². The number of amides is 2. The van der Waals surface area contributed by atoms with Crippen LogP contribution in [0.25, 0.3) is 10.9 Å². The third-order valence-corrected chi connectivity index (χ3v) is 4.78. The van der Waals surface area contributed by atoms with Gasteiger partial charge in [-0.25, -0.2) is 4.79 Å². The summed E-state index contributed by atoms with van der Waals surface area (Å²) < 4.78 is 0. The van der Waals surface area contributed by atoms with Crippen LogP contribution >= 0.6 is 0 Å². The van der Waals surface area contributed by atoms with Crippen LogP contribution in [0.15, 0.2) is 42.6 Å². The fraction of sp³-hybridized carbons (Fsp3) is 0.316. The fourth-order valence-electron chi connectivity index (χ4n) is 3.47. The largest absolute Gasteiger partial charge is 0.324 e. The summed E-state index contributed by atoms with van der Waals surface area (Å²) in [4.78, 5) is 19.2. The molecule has 6 nitrogen and oxygen atoms in total. The molecule has 128 valence electrons. The number of fused-ring (bicyclic) bond motifs is 1. The number of rotatable bonds is 2. The van der Waals surface area contributed by atoms with Crippen LogP contribution in [0.1, 0.15) is 30.1 Å². The van der Waals surface area contributed by atoms with E-state index in [2.05, 4.69) is 20.5 Å². The highest BCUT2D eigenvalue weighted by atomic mass is 16.2. The zero-order valence-corrected chi connectivity index (χ0v) is 14.2. The van der Waals surface area contributed by atoms with Gasteiger partial charge in [-0.05, 0) is 50.1 Å². The molecular weight excluding hydrogens is 314 g/mol. The van der Waals surface area contributed by atoms with Crippen molar-refractivity contribution in [2.24, 2.45) is 0 Å². The second-order valence-corrected chi connectivity index (χ2v) is 6.55. The van der Waals surface area contributed by atoms with Gasteiger partial charge in [0, 0.05) is 42.0 Å². The second kappa shape index (κ2) is 6.55. The molecule has 0 unspecified atom stereocenters. The monoisotopic (exact) mass is 335 g/mol. The summed E-state index contributed by atoms with van der Waals surface area (Å²) in [6, 6.07) is 11.7. The van der Waals surface area contributed by atoms with Crippen LogP contribution in [0.4, 0.5) is 10.5 Å². The Balaban J connectivity index is 1.52. The molecule has 1 fully saturated rings. The lowest BCUT2D eigenvalue weighted by molar-refractivity contribution is 0.192. The third-order valence-electron chi connectivity index (χ3n) is 4.78. The maximum Gasteiger partial charge on any atom is 0.321 e. The second-order valence-electron chi connectivity index (χ2n) is 6.55. The molecule has 0 bridgehead atoms. The van der Waals surface area contributed by atoms with Gasteiger partial charge in [0.25, 0.3) is 0 Å². The number of aromatic amines is 1. The minimum absolute atomic E-state index is 0.0581. The number of benzene rings is 1. The predicted octanol–water partition coefficient (Wildman–Crippen LogP) is 3.68.